The van der Waals surface area contributed by atoms with Crippen LogP contribution in [0.5, 0.6) is 5.75 Å². The Morgan fingerprint density at radius 2 is 1.77 bits per heavy atom. The molecule has 0 saturated heterocycles. The highest BCUT2D eigenvalue weighted by Gasteiger charge is 2.11. The molecule has 0 aromatic heterocycles. The average Bonchev–Trinajstić information content (AvgIpc) is 2.47. The molecule has 0 atom stereocenters. The van der Waals surface area contributed by atoms with Crippen molar-refractivity contribution in [2.24, 2.45) is 5.92 Å². The van der Waals surface area contributed by atoms with E-state index in [4.69, 9.17) is 10.5 Å². The van der Waals surface area contributed by atoms with Gasteiger partial charge in [-0.15, -0.1) is 0 Å². The van der Waals surface area contributed by atoms with E-state index in [1.165, 1.54) is 50.3 Å². The molecule has 0 radical (unpaired) electrons. The van der Waals surface area contributed by atoms with Crippen LogP contribution >= 0.6 is 0 Å². The molecule has 1 aromatic carbocycles. The molecule has 0 unspecified atom stereocenters. The second-order valence-electron chi connectivity index (χ2n) is 6.21. The molecule has 22 heavy (non-hydrogen) atoms. The fourth-order valence-corrected chi connectivity index (χ4v) is 2.33. The highest BCUT2D eigenvalue weighted by molar-refractivity contribution is 5.95. The monoisotopic (exact) mass is 307 g/mol. The Hall–Kier alpha value is -1.71. The van der Waals surface area contributed by atoms with E-state index in [2.05, 4.69) is 13.8 Å². The number of esters is 1. The zero-order valence-corrected chi connectivity index (χ0v) is 13.8. The van der Waals surface area contributed by atoms with Gasteiger partial charge in [0.15, 0.2) is 0 Å². The number of phenolic OH excluding ortho intramolecular Hbond substituents is 1. The van der Waals surface area contributed by atoms with E-state index in [9.17, 15) is 9.90 Å². The molecule has 0 aliphatic heterocycles. The second-order valence-corrected chi connectivity index (χ2v) is 6.21. The van der Waals surface area contributed by atoms with Gasteiger partial charge in [0, 0.05) is 5.69 Å². The predicted octanol–water partition coefficient (Wildman–Crippen LogP) is 4.52. The van der Waals surface area contributed by atoms with Crippen molar-refractivity contribution >= 4 is 11.7 Å². The van der Waals surface area contributed by atoms with Gasteiger partial charge in [-0.25, -0.2) is 4.79 Å². The molecular formula is C18H29NO3. The number of carbonyl (C=O) groups excluding carboxylic acids is 1. The molecule has 4 heteroatoms. The third-order valence-electron chi connectivity index (χ3n) is 3.67. The molecule has 0 fully saturated rings. The van der Waals surface area contributed by atoms with Crippen LogP contribution in [0.4, 0.5) is 5.69 Å². The molecule has 3 N–H and O–H groups in total. The van der Waals surface area contributed by atoms with E-state index in [0.29, 0.717) is 12.3 Å². The summed E-state index contributed by atoms with van der Waals surface area (Å²) in [6, 6.07) is 4.29. The third-order valence-corrected chi connectivity index (χ3v) is 3.67. The van der Waals surface area contributed by atoms with Gasteiger partial charge in [-0.05, 0) is 30.5 Å². The van der Waals surface area contributed by atoms with Crippen molar-refractivity contribution < 1.29 is 14.6 Å². The van der Waals surface area contributed by atoms with Crippen LogP contribution in [0.1, 0.15) is 69.2 Å². The summed E-state index contributed by atoms with van der Waals surface area (Å²) in [4.78, 5) is 11.8. The van der Waals surface area contributed by atoms with Gasteiger partial charge in [0.05, 0.1) is 12.2 Å². The molecule has 0 spiro atoms. The van der Waals surface area contributed by atoms with Crippen molar-refractivity contribution in [3.63, 3.8) is 0 Å². The minimum Gasteiger partial charge on any atom is -0.508 e. The van der Waals surface area contributed by atoms with Crippen LogP contribution in [0.15, 0.2) is 18.2 Å². The largest absolute Gasteiger partial charge is 0.508 e. The quantitative estimate of drug-likeness (QED) is 0.288. The number of hydrogen-bond donors (Lipinski definition) is 2. The summed E-state index contributed by atoms with van der Waals surface area (Å²) in [6.07, 6.45) is 8.29. The maximum absolute atomic E-state index is 11.8. The molecule has 1 aromatic rings. The van der Waals surface area contributed by atoms with Crippen LogP contribution in [-0.4, -0.2) is 17.7 Å². The van der Waals surface area contributed by atoms with E-state index in [0.717, 1.165) is 18.8 Å². The number of aromatic hydroxyl groups is 1. The van der Waals surface area contributed by atoms with E-state index in [1.54, 1.807) is 0 Å². The Labute approximate surface area is 133 Å². The van der Waals surface area contributed by atoms with E-state index >= 15 is 0 Å². The number of unbranched alkanes of at least 4 members (excludes halogenated alkanes) is 5. The van der Waals surface area contributed by atoms with Gasteiger partial charge in [-0.1, -0.05) is 52.4 Å². The zero-order valence-electron chi connectivity index (χ0n) is 13.8. The van der Waals surface area contributed by atoms with Gasteiger partial charge in [0.1, 0.15) is 5.75 Å². The zero-order chi connectivity index (χ0) is 16.4. The van der Waals surface area contributed by atoms with E-state index in [1.807, 2.05) is 0 Å². The summed E-state index contributed by atoms with van der Waals surface area (Å²) < 4.78 is 5.19. The highest BCUT2D eigenvalue weighted by atomic mass is 16.5. The smallest absolute Gasteiger partial charge is 0.340 e. The maximum Gasteiger partial charge on any atom is 0.340 e. The van der Waals surface area contributed by atoms with Crippen molar-refractivity contribution in [1.29, 1.82) is 0 Å². The summed E-state index contributed by atoms with van der Waals surface area (Å²) in [5.74, 6) is 0.345. The Kier molecular flexibility index (Phi) is 8.41. The Bertz CT molecular complexity index is 458. The topological polar surface area (TPSA) is 72.5 Å². The van der Waals surface area contributed by atoms with Gasteiger partial charge in [-0.2, -0.15) is 0 Å². The van der Waals surface area contributed by atoms with Crippen molar-refractivity contribution in [2.45, 2.75) is 58.8 Å². The first-order chi connectivity index (χ1) is 10.5. The number of hydrogen-bond acceptors (Lipinski definition) is 4. The number of nitrogen functional groups attached to an aromatic ring is 1. The highest BCUT2D eigenvalue weighted by Crippen LogP contribution is 2.19. The predicted molar refractivity (Wildman–Crippen MR) is 90.0 cm³/mol. The van der Waals surface area contributed by atoms with E-state index in [-0.39, 0.29) is 11.3 Å². The first kappa shape index (κ1) is 18.3. The van der Waals surface area contributed by atoms with Crippen LogP contribution in [0, 0.1) is 5.92 Å². The number of anilines is 1. The fourth-order valence-electron chi connectivity index (χ4n) is 2.33. The SMILES string of the molecule is CC(C)CCCCCCCCOC(=O)c1cc(O)ccc1N. The van der Waals surface area contributed by atoms with Crippen molar-refractivity contribution in [2.75, 3.05) is 12.3 Å². The lowest BCUT2D eigenvalue weighted by Crippen LogP contribution is -2.09. The van der Waals surface area contributed by atoms with Crippen LogP contribution in [-0.2, 0) is 4.74 Å². The average molecular weight is 307 g/mol. The van der Waals surface area contributed by atoms with Gasteiger partial charge >= 0.3 is 5.97 Å². The lowest BCUT2D eigenvalue weighted by atomic mass is 10.0. The normalized spacial score (nSPS) is 10.9. The number of nitrogens with two attached hydrogens (primary N) is 1. The third kappa shape index (κ3) is 7.34. The first-order valence-corrected chi connectivity index (χ1v) is 8.26. The molecule has 1 rings (SSSR count). The van der Waals surface area contributed by atoms with Crippen LogP contribution in [0.25, 0.3) is 0 Å². The standard InChI is InChI=1S/C18H29NO3/c1-14(2)9-7-5-3-4-6-8-12-22-18(21)16-13-15(20)10-11-17(16)19/h10-11,13-14,20H,3-9,12,19H2,1-2H3. The fraction of sp³-hybridized carbons (Fsp3) is 0.611. The second kappa shape index (κ2) is 10.1. The Balaban J connectivity index is 2.09. The molecule has 0 heterocycles. The maximum atomic E-state index is 11.8. The Morgan fingerprint density at radius 1 is 1.14 bits per heavy atom. The van der Waals surface area contributed by atoms with Crippen molar-refractivity contribution in [3.05, 3.63) is 23.8 Å². The molecule has 0 amide bonds. The number of phenols is 1. The van der Waals surface area contributed by atoms with Gasteiger partial charge in [0.2, 0.25) is 0 Å². The molecule has 0 aliphatic rings. The van der Waals surface area contributed by atoms with Gasteiger partial charge in [-0.3, -0.25) is 0 Å². The molecule has 0 saturated carbocycles. The van der Waals surface area contributed by atoms with Crippen LogP contribution in [0.2, 0.25) is 0 Å². The molecule has 0 bridgehead atoms. The summed E-state index contributed by atoms with van der Waals surface area (Å²) in [5, 5.41) is 9.37. The number of rotatable bonds is 10. The van der Waals surface area contributed by atoms with Gasteiger partial charge < -0.3 is 15.6 Å². The molecule has 4 nitrogen and oxygen atoms in total. The van der Waals surface area contributed by atoms with Gasteiger partial charge in [0.25, 0.3) is 0 Å². The summed E-state index contributed by atoms with van der Waals surface area (Å²) >= 11 is 0. The molecule has 124 valence electrons. The van der Waals surface area contributed by atoms with Crippen molar-refractivity contribution in [1.82, 2.24) is 0 Å². The van der Waals surface area contributed by atoms with Crippen LogP contribution in [0.3, 0.4) is 0 Å². The van der Waals surface area contributed by atoms with Crippen LogP contribution < -0.4 is 5.73 Å². The molecule has 0 aliphatic carbocycles. The summed E-state index contributed by atoms with van der Waals surface area (Å²) in [7, 11) is 0. The summed E-state index contributed by atoms with van der Waals surface area (Å²) in [6.45, 7) is 4.92. The number of ether oxygens (including phenoxy) is 1. The number of carbonyl (C=O) groups is 1. The number of benzene rings is 1. The molecular weight excluding hydrogens is 278 g/mol. The minimum atomic E-state index is -0.467. The lowest BCUT2D eigenvalue weighted by Gasteiger charge is -2.07. The first-order valence-electron chi connectivity index (χ1n) is 8.26. The summed E-state index contributed by atoms with van der Waals surface area (Å²) in [5.41, 5.74) is 6.26. The lowest BCUT2D eigenvalue weighted by molar-refractivity contribution is 0.0498. The Morgan fingerprint density at radius 3 is 2.45 bits per heavy atom. The minimum absolute atomic E-state index is 0.0162. The van der Waals surface area contributed by atoms with Crippen molar-refractivity contribution in [3.8, 4) is 5.75 Å². The van der Waals surface area contributed by atoms with E-state index < -0.39 is 5.97 Å².